The van der Waals surface area contributed by atoms with Gasteiger partial charge >= 0.3 is 0 Å². The Bertz CT molecular complexity index is 1220. The van der Waals surface area contributed by atoms with Gasteiger partial charge < -0.3 is 9.64 Å². The molecule has 1 aliphatic heterocycles. The number of halogens is 1. The number of para-hydroxylation sites is 1. The van der Waals surface area contributed by atoms with Crippen LogP contribution < -0.4 is 14.4 Å². The molecular formula is C20H17BrN2O4S. The number of nitrogens with zero attached hydrogens (tertiary/aromatic N) is 1. The SMILES string of the molecule is CCN1C(=O)c2cccc3c(NS(=O)(=O)c4cccc(Br)c4OC)ccc1c23. The molecule has 1 aliphatic rings. The normalized spacial score (nSPS) is 13.2. The van der Waals surface area contributed by atoms with Crippen molar-refractivity contribution < 1.29 is 17.9 Å². The predicted octanol–water partition coefficient (Wildman–Crippen LogP) is 4.39. The Morgan fingerprint density at radius 3 is 2.57 bits per heavy atom. The number of carbonyl (C=O) groups is 1. The molecule has 28 heavy (non-hydrogen) atoms. The Morgan fingerprint density at radius 1 is 1.11 bits per heavy atom. The second kappa shape index (κ2) is 6.79. The molecule has 8 heteroatoms. The number of anilines is 2. The number of sulfonamides is 1. The van der Waals surface area contributed by atoms with Gasteiger partial charge in [0.1, 0.15) is 4.90 Å². The lowest BCUT2D eigenvalue weighted by molar-refractivity contribution is 0.0994. The van der Waals surface area contributed by atoms with Crippen LogP contribution in [0.4, 0.5) is 11.4 Å². The van der Waals surface area contributed by atoms with E-state index in [1.54, 1.807) is 41.3 Å². The summed E-state index contributed by atoms with van der Waals surface area (Å²) in [5.41, 5.74) is 1.78. The Morgan fingerprint density at radius 2 is 1.86 bits per heavy atom. The van der Waals surface area contributed by atoms with E-state index in [0.717, 1.165) is 11.1 Å². The van der Waals surface area contributed by atoms with Gasteiger partial charge in [-0.15, -0.1) is 0 Å². The van der Waals surface area contributed by atoms with Crippen molar-refractivity contribution >= 4 is 54.0 Å². The molecule has 0 saturated heterocycles. The van der Waals surface area contributed by atoms with E-state index in [9.17, 15) is 13.2 Å². The van der Waals surface area contributed by atoms with E-state index in [0.29, 0.717) is 27.7 Å². The molecule has 0 fully saturated rings. The lowest BCUT2D eigenvalue weighted by Gasteiger charge is -2.16. The predicted molar refractivity (Wildman–Crippen MR) is 113 cm³/mol. The van der Waals surface area contributed by atoms with Crippen LogP contribution in [0.2, 0.25) is 0 Å². The molecule has 0 bridgehead atoms. The maximum atomic E-state index is 13.1. The first-order chi connectivity index (χ1) is 13.4. The highest BCUT2D eigenvalue weighted by atomic mass is 79.9. The summed E-state index contributed by atoms with van der Waals surface area (Å²) in [6.45, 7) is 2.45. The first-order valence-electron chi connectivity index (χ1n) is 8.62. The first-order valence-corrected chi connectivity index (χ1v) is 10.9. The van der Waals surface area contributed by atoms with Crippen molar-refractivity contribution in [2.45, 2.75) is 11.8 Å². The van der Waals surface area contributed by atoms with Gasteiger partial charge in [0.05, 0.1) is 23.0 Å². The summed E-state index contributed by atoms with van der Waals surface area (Å²) in [5, 5.41) is 1.44. The summed E-state index contributed by atoms with van der Waals surface area (Å²) in [5.74, 6) is 0.157. The highest BCUT2D eigenvalue weighted by molar-refractivity contribution is 9.10. The summed E-state index contributed by atoms with van der Waals surface area (Å²) < 4.78 is 34.6. The minimum absolute atomic E-state index is 0.0267. The summed E-state index contributed by atoms with van der Waals surface area (Å²) in [7, 11) is -2.49. The maximum Gasteiger partial charge on any atom is 0.265 e. The van der Waals surface area contributed by atoms with Crippen LogP contribution in [-0.2, 0) is 10.0 Å². The van der Waals surface area contributed by atoms with Crippen molar-refractivity contribution in [3.05, 3.63) is 58.6 Å². The van der Waals surface area contributed by atoms with Gasteiger partial charge in [0.2, 0.25) is 0 Å². The maximum absolute atomic E-state index is 13.1. The summed E-state index contributed by atoms with van der Waals surface area (Å²) in [6, 6.07) is 13.6. The Balaban J connectivity index is 1.86. The van der Waals surface area contributed by atoms with Gasteiger partial charge in [0.15, 0.2) is 5.75 Å². The zero-order valence-corrected chi connectivity index (χ0v) is 17.6. The minimum Gasteiger partial charge on any atom is -0.494 e. The monoisotopic (exact) mass is 460 g/mol. The number of benzene rings is 3. The Kier molecular flexibility index (Phi) is 4.55. The molecule has 3 aromatic rings. The zero-order chi connectivity index (χ0) is 20.1. The molecule has 3 aromatic carbocycles. The number of methoxy groups -OCH3 is 1. The number of rotatable bonds is 5. The van der Waals surface area contributed by atoms with Gasteiger partial charge in [0, 0.05) is 22.9 Å². The molecule has 1 heterocycles. The van der Waals surface area contributed by atoms with Gasteiger partial charge in [-0.2, -0.15) is 0 Å². The standard InChI is InChI=1S/C20H17BrN2O4S/c1-3-23-16-11-10-15(12-6-4-7-13(18(12)16)20(23)24)22-28(25,26)17-9-5-8-14(21)19(17)27-2/h4-11,22H,3H2,1-2H3. The third-order valence-corrected chi connectivity index (χ3v) is 6.78. The third-order valence-electron chi connectivity index (χ3n) is 4.77. The second-order valence-corrected chi connectivity index (χ2v) is 8.79. The van der Waals surface area contributed by atoms with E-state index < -0.39 is 10.0 Å². The zero-order valence-electron chi connectivity index (χ0n) is 15.2. The van der Waals surface area contributed by atoms with Crippen molar-refractivity contribution in [1.29, 1.82) is 0 Å². The van der Waals surface area contributed by atoms with Crippen LogP contribution in [0.1, 0.15) is 17.3 Å². The molecule has 0 spiro atoms. The van der Waals surface area contributed by atoms with Crippen LogP contribution in [0.5, 0.6) is 5.75 Å². The van der Waals surface area contributed by atoms with E-state index >= 15 is 0 Å². The van der Waals surface area contributed by atoms with Crippen molar-refractivity contribution in [2.75, 3.05) is 23.3 Å². The van der Waals surface area contributed by atoms with Crippen LogP contribution in [0.15, 0.2) is 57.9 Å². The van der Waals surface area contributed by atoms with E-state index in [-0.39, 0.29) is 16.6 Å². The third kappa shape index (κ3) is 2.75. The van der Waals surface area contributed by atoms with Gasteiger partial charge in [-0.25, -0.2) is 8.42 Å². The fourth-order valence-corrected chi connectivity index (χ4v) is 5.48. The number of hydrogen-bond donors (Lipinski definition) is 1. The largest absolute Gasteiger partial charge is 0.494 e. The van der Waals surface area contributed by atoms with Crippen LogP contribution in [0.3, 0.4) is 0 Å². The lowest BCUT2D eigenvalue weighted by Crippen LogP contribution is -2.25. The van der Waals surface area contributed by atoms with E-state index in [4.69, 9.17) is 4.74 Å². The van der Waals surface area contributed by atoms with Crippen LogP contribution in [0.25, 0.3) is 10.8 Å². The number of carbonyl (C=O) groups excluding carboxylic acids is 1. The van der Waals surface area contributed by atoms with E-state index in [1.807, 2.05) is 13.0 Å². The lowest BCUT2D eigenvalue weighted by atomic mass is 10.0. The van der Waals surface area contributed by atoms with Crippen molar-refractivity contribution in [2.24, 2.45) is 0 Å². The van der Waals surface area contributed by atoms with Crippen molar-refractivity contribution in [3.8, 4) is 5.75 Å². The number of hydrogen-bond acceptors (Lipinski definition) is 4. The highest BCUT2D eigenvalue weighted by Crippen LogP contribution is 2.41. The number of amides is 1. The molecule has 6 nitrogen and oxygen atoms in total. The molecule has 1 N–H and O–H groups in total. The number of ether oxygens (including phenoxy) is 1. The van der Waals surface area contributed by atoms with Gasteiger partial charge in [-0.1, -0.05) is 18.2 Å². The average Bonchev–Trinajstić information content (AvgIpc) is 2.96. The quantitative estimate of drug-likeness (QED) is 0.612. The fraction of sp³-hybridized carbons (Fsp3) is 0.150. The van der Waals surface area contributed by atoms with E-state index in [1.165, 1.54) is 13.2 Å². The number of nitrogens with one attached hydrogen (secondary N) is 1. The van der Waals surface area contributed by atoms with Crippen LogP contribution in [0, 0.1) is 0 Å². The molecule has 144 valence electrons. The summed E-state index contributed by atoms with van der Waals surface area (Å²) in [4.78, 5) is 14.3. The molecule has 0 unspecified atom stereocenters. The Hall–Kier alpha value is -2.58. The molecule has 0 aliphatic carbocycles. The molecular weight excluding hydrogens is 444 g/mol. The molecule has 0 radical (unpaired) electrons. The molecule has 0 aromatic heterocycles. The molecule has 0 saturated carbocycles. The topological polar surface area (TPSA) is 75.7 Å². The molecule has 0 atom stereocenters. The Labute approximate surface area is 171 Å². The summed E-state index contributed by atoms with van der Waals surface area (Å²) >= 11 is 3.31. The highest BCUT2D eigenvalue weighted by Gasteiger charge is 2.30. The molecule has 1 amide bonds. The van der Waals surface area contributed by atoms with Gasteiger partial charge in [-0.3, -0.25) is 9.52 Å². The average molecular weight is 461 g/mol. The first kappa shape index (κ1) is 18.8. The fourth-order valence-electron chi connectivity index (χ4n) is 3.55. The summed E-state index contributed by atoms with van der Waals surface area (Å²) in [6.07, 6.45) is 0. The van der Waals surface area contributed by atoms with Crippen molar-refractivity contribution in [1.82, 2.24) is 0 Å². The minimum atomic E-state index is -3.91. The van der Waals surface area contributed by atoms with Crippen LogP contribution >= 0.6 is 15.9 Å². The van der Waals surface area contributed by atoms with Crippen LogP contribution in [-0.4, -0.2) is 28.0 Å². The van der Waals surface area contributed by atoms with Gasteiger partial charge in [-0.05, 0) is 53.2 Å². The molecule has 4 rings (SSSR count). The smallest absolute Gasteiger partial charge is 0.265 e. The van der Waals surface area contributed by atoms with Crippen molar-refractivity contribution in [3.63, 3.8) is 0 Å². The van der Waals surface area contributed by atoms with E-state index in [2.05, 4.69) is 20.7 Å². The van der Waals surface area contributed by atoms with Gasteiger partial charge in [0.25, 0.3) is 15.9 Å². The second-order valence-electron chi connectivity index (χ2n) is 6.29.